The molecule has 7 rings (SSSR count). The van der Waals surface area contributed by atoms with Gasteiger partial charge in [-0.15, -0.1) is 0 Å². The maximum Gasteiger partial charge on any atom is 0.414 e. The number of esters is 1. The molecule has 3 aliphatic rings. The molecule has 2 bridgehead atoms. The van der Waals surface area contributed by atoms with Crippen molar-refractivity contribution in [2.75, 3.05) is 38.8 Å². The van der Waals surface area contributed by atoms with Crippen molar-refractivity contribution in [1.82, 2.24) is 4.90 Å². The van der Waals surface area contributed by atoms with Crippen LogP contribution in [0.2, 0.25) is 10.0 Å². The van der Waals surface area contributed by atoms with Gasteiger partial charge in [-0.25, -0.2) is 14.0 Å². The molecule has 0 N–H and O–H groups in total. The lowest BCUT2D eigenvalue weighted by molar-refractivity contribution is -0.605. The molecule has 3 fully saturated rings. The number of carbonyl (C=O) groups is 2. The van der Waals surface area contributed by atoms with Gasteiger partial charge in [0.1, 0.15) is 28.1 Å². The van der Waals surface area contributed by atoms with Gasteiger partial charge in [0, 0.05) is 24.2 Å². The summed E-state index contributed by atoms with van der Waals surface area (Å²) >= 11 is 12.7. The van der Waals surface area contributed by atoms with Crippen molar-refractivity contribution in [3.05, 3.63) is 122 Å². The van der Waals surface area contributed by atoms with Crippen LogP contribution in [-0.4, -0.2) is 56.9 Å². The van der Waals surface area contributed by atoms with Crippen molar-refractivity contribution in [2.24, 2.45) is 5.92 Å². The van der Waals surface area contributed by atoms with E-state index in [0.29, 0.717) is 51.1 Å². The molecule has 1 aromatic heterocycles. The number of pyridine rings is 1. The van der Waals surface area contributed by atoms with Gasteiger partial charge in [-0.05, 0) is 79.4 Å². The van der Waals surface area contributed by atoms with Crippen LogP contribution in [0.5, 0.6) is 11.5 Å². The highest BCUT2D eigenvalue weighted by Crippen LogP contribution is 2.36. The van der Waals surface area contributed by atoms with Gasteiger partial charge in [0.2, 0.25) is 0 Å². The molecule has 0 radical (unpaired) electrons. The average Bonchev–Trinajstić information content (AvgIpc) is 3.12. The van der Waals surface area contributed by atoms with Gasteiger partial charge in [-0.1, -0.05) is 53.5 Å². The van der Waals surface area contributed by atoms with Gasteiger partial charge in [0.15, 0.2) is 23.9 Å². The number of hydrogen-bond donors (Lipinski definition) is 0. The zero-order valence-corrected chi connectivity index (χ0v) is 29.0. The quantitative estimate of drug-likeness (QED) is 0.0913. The van der Waals surface area contributed by atoms with Crippen molar-refractivity contribution in [1.29, 1.82) is 0 Å². The number of carbonyl (C=O) groups excluding carboxylic acids is 2. The second kappa shape index (κ2) is 15.5. The van der Waals surface area contributed by atoms with Crippen molar-refractivity contribution in [3.63, 3.8) is 0 Å². The van der Waals surface area contributed by atoms with E-state index in [-0.39, 0.29) is 34.7 Å². The first-order chi connectivity index (χ1) is 24.1. The Hall–Kier alpha value is -4.58. The Labute approximate surface area is 299 Å². The van der Waals surface area contributed by atoms with Crippen LogP contribution in [0.15, 0.2) is 79.1 Å². The number of fused-ring (bicyclic) bond motifs is 3. The average molecular weight is 725 g/mol. The number of ether oxygens (including phenoxy) is 4. The fourth-order valence-corrected chi connectivity index (χ4v) is 7.09. The van der Waals surface area contributed by atoms with Gasteiger partial charge in [-0.3, -0.25) is 9.80 Å². The lowest BCUT2D eigenvalue weighted by Gasteiger charge is -2.44. The molecule has 3 aromatic carbocycles. The van der Waals surface area contributed by atoms with Crippen molar-refractivity contribution < 1.29 is 37.7 Å². The van der Waals surface area contributed by atoms with Gasteiger partial charge in [-0.2, -0.15) is 4.73 Å². The van der Waals surface area contributed by atoms with E-state index in [9.17, 15) is 14.8 Å². The van der Waals surface area contributed by atoms with Crippen molar-refractivity contribution in [3.8, 4) is 11.5 Å². The number of methoxy groups -OCH3 is 2. The molecular formula is C37H36Cl2FN3O7. The minimum absolute atomic E-state index is 0.00911. The van der Waals surface area contributed by atoms with Gasteiger partial charge < -0.3 is 24.2 Å². The molecule has 0 aliphatic carbocycles. The summed E-state index contributed by atoms with van der Waals surface area (Å²) in [5.41, 5.74) is 1.57. The van der Waals surface area contributed by atoms with E-state index in [0.717, 1.165) is 38.3 Å². The Bertz CT molecular complexity index is 1830. The number of nitrogens with zero attached hydrogens (tertiary/aromatic N) is 3. The second-order valence-electron chi connectivity index (χ2n) is 12.3. The summed E-state index contributed by atoms with van der Waals surface area (Å²) in [6.07, 6.45) is 2.49. The SMILES string of the molecule is COc1ccc(C(Cc2c(Cl)c[n+]([O-])cc2Cl)OC(=O)c2ccc(CN(C(=O)O[C@H]3CN4CCC3CC4)c3ccccc3)cc2F)cc1OC. The van der Waals surface area contributed by atoms with E-state index in [1.807, 2.05) is 18.2 Å². The number of piperidine rings is 3. The molecule has 13 heteroatoms. The van der Waals surface area contributed by atoms with Crippen LogP contribution in [-0.2, 0) is 22.4 Å². The van der Waals surface area contributed by atoms with Crippen LogP contribution < -0.4 is 19.1 Å². The van der Waals surface area contributed by atoms with Crippen molar-refractivity contribution in [2.45, 2.75) is 38.0 Å². The number of halogens is 3. The molecular weight excluding hydrogens is 688 g/mol. The highest BCUT2D eigenvalue weighted by atomic mass is 35.5. The predicted molar refractivity (Wildman–Crippen MR) is 185 cm³/mol. The zero-order valence-electron chi connectivity index (χ0n) is 27.5. The lowest BCUT2D eigenvalue weighted by Crippen LogP contribution is -2.53. The van der Waals surface area contributed by atoms with Crippen LogP contribution >= 0.6 is 23.2 Å². The van der Waals surface area contributed by atoms with Gasteiger partial charge >= 0.3 is 12.1 Å². The molecule has 1 unspecified atom stereocenters. The van der Waals surface area contributed by atoms with Crippen LogP contribution in [0, 0.1) is 16.9 Å². The Kier molecular flexibility index (Phi) is 11.0. The second-order valence-corrected chi connectivity index (χ2v) is 13.1. The van der Waals surface area contributed by atoms with Gasteiger partial charge in [0.25, 0.3) is 0 Å². The monoisotopic (exact) mass is 723 g/mol. The third-order valence-electron chi connectivity index (χ3n) is 9.21. The van der Waals surface area contributed by atoms with E-state index >= 15 is 4.39 Å². The highest BCUT2D eigenvalue weighted by molar-refractivity contribution is 6.35. The maximum absolute atomic E-state index is 15.7. The molecule has 0 saturated carbocycles. The molecule has 10 nitrogen and oxygen atoms in total. The molecule has 4 aromatic rings. The molecule has 3 aliphatic heterocycles. The predicted octanol–water partition coefficient (Wildman–Crippen LogP) is 7.16. The number of benzene rings is 3. The standard InChI is InChI=1S/C37H36Cl2FN3O7/c1-47-32-11-9-25(17-34(32)48-2)33(18-28-29(38)20-42(46)21-30(28)39)49-36(44)27-10-8-23(16-31(27)40)19-43(26-6-4-3-5-7-26)37(45)50-35-22-41-14-12-24(35)13-15-41/h3-11,16-17,20-21,24,33,35H,12-15,18-19,22H2,1-2H3/t33?,35-/m0/s1. The zero-order chi connectivity index (χ0) is 35.4. The molecule has 50 heavy (non-hydrogen) atoms. The van der Waals surface area contributed by atoms with E-state index in [2.05, 4.69) is 4.90 Å². The molecule has 3 saturated heterocycles. The molecule has 4 heterocycles. The third-order valence-corrected chi connectivity index (χ3v) is 9.86. The number of hydrogen-bond acceptors (Lipinski definition) is 8. The number of aromatic nitrogens is 1. The summed E-state index contributed by atoms with van der Waals surface area (Å²) in [6, 6.07) is 18.1. The van der Waals surface area contributed by atoms with Crippen LogP contribution in [0.25, 0.3) is 0 Å². The summed E-state index contributed by atoms with van der Waals surface area (Å²) in [7, 11) is 2.96. The minimum Gasteiger partial charge on any atom is -0.619 e. The fourth-order valence-electron chi connectivity index (χ4n) is 6.50. The Morgan fingerprint density at radius 2 is 1.68 bits per heavy atom. The first-order valence-corrected chi connectivity index (χ1v) is 16.9. The maximum atomic E-state index is 15.7. The first kappa shape index (κ1) is 35.3. The lowest BCUT2D eigenvalue weighted by atomic mass is 9.86. The molecule has 0 spiro atoms. The summed E-state index contributed by atoms with van der Waals surface area (Å²) in [4.78, 5) is 30.9. The van der Waals surface area contributed by atoms with E-state index in [4.69, 9.17) is 42.1 Å². The molecule has 1 amide bonds. The van der Waals surface area contributed by atoms with Crippen LogP contribution in [0.1, 0.15) is 46.0 Å². The molecule has 2 atom stereocenters. The summed E-state index contributed by atoms with van der Waals surface area (Å²) in [5, 5.41) is 12.0. The highest BCUT2D eigenvalue weighted by Gasteiger charge is 2.37. The van der Waals surface area contributed by atoms with E-state index in [1.165, 1.54) is 31.3 Å². The number of rotatable bonds is 11. The Balaban J connectivity index is 1.23. The Morgan fingerprint density at radius 3 is 2.30 bits per heavy atom. The van der Waals surface area contributed by atoms with Crippen LogP contribution in [0.4, 0.5) is 14.9 Å². The fraction of sp³-hybridized carbons (Fsp3) is 0.324. The molecule has 262 valence electrons. The topological polar surface area (TPSA) is 104 Å². The van der Waals surface area contributed by atoms with E-state index < -0.39 is 24.0 Å². The van der Waals surface area contributed by atoms with Crippen LogP contribution in [0.3, 0.4) is 0 Å². The number of para-hydroxylation sites is 1. The first-order valence-electron chi connectivity index (χ1n) is 16.2. The van der Waals surface area contributed by atoms with Gasteiger partial charge in [0.05, 0.1) is 26.3 Å². The van der Waals surface area contributed by atoms with Crippen molar-refractivity contribution >= 4 is 41.0 Å². The third kappa shape index (κ3) is 7.90. The van der Waals surface area contributed by atoms with E-state index in [1.54, 1.807) is 36.4 Å². The number of anilines is 1. The summed E-state index contributed by atoms with van der Waals surface area (Å²) in [5.74, 6) is -0.634. The summed E-state index contributed by atoms with van der Waals surface area (Å²) in [6.45, 7) is 2.74. The minimum atomic E-state index is -1.02. The normalized spacial score (nSPS) is 18.6. The number of amides is 1. The largest absolute Gasteiger partial charge is 0.619 e. The Morgan fingerprint density at radius 1 is 0.980 bits per heavy atom. The summed E-state index contributed by atoms with van der Waals surface area (Å²) < 4.78 is 38.9. The smallest absolute Gasteiger partial charge is 0.414 e.